The quantitative estimate of drug-likeness (QED) is 0.0761. The molecule has 0 radical (unpaired) electrons. The Kier molecular flexibility index (Phi) is 11.3. The number of imide groups is 1. The lowest BCUT2D eigenvalue weighted by Crippen LogP contribution is -2.41. The average Bonchev–Trinajstić information content (AvgIpc) is 3.87. The number of anilines is 1. The molecule has 0 spiro atoms. The molecule has 1 fully saturated rings. The number of carbonyl (C=O) groups excluding carboxylic acids is 5. The van der Waals surface area contributed by atoms with Crippen LogP contribution in [0.15, 0.2) is 158 Å². The van der Waals surface area contributed by atoms with E-state index in [1.54, 1.807) is 159 Å². The number of rotatable bonds is 11. The van der Waals surface area contributed by atoms with Gasteiger partial charge in [0.15, 0.2) is 35.4 Å². The van der Waals surface area contributed by atoms with Crippen LogP contribution in [0.2, 0.25) is 0 Å². The van der Waals surface area contributed by atoms with Crippen molar-refractivity contribution >= 4 is 46.7 Å². The first-order valence-electron chi connectivity index (χ1n) is 18.9. The van der Waals surface area contributed by atoms with Crippen molar-refractivity contribution in [2.24, 2.45) is 0 Å². The van der Waals surface area contributed by atoms with Crippen LogP contribution in [-0.4, -0.2) is 74.2 Å². The first-order chi connectivity index (χ1) is 29.3. The summed E-state index contributed by atoms with van der Waals surface area (Å²) in [4.78, 5) is 84.0. The first kappa shape index (κ1) is 39.0. The van der Waals surface area contributed by atoms with E-state index in [2.05, 4.69) is 15.0 Å². The highest BCUT2D eigenvalue weighted by Gasteiger charge is 2.52. The molecule has 2 aromatic heterocycles. The van der Waals surface area contributed by atoms with E-state index in [1.807, 2.05) is 0 Å². The second-order valence-electron chi connectivity index (χ2n) is 13.6. The number of benzene rings is 5. The maximum Gasteiger partial charge on any atom is 0.338 e. The Balaban J connectivity index is 1.23. The summed E-state index contributed by atoms with van der Waals surface area (Å²) in [7, 11) is 0. The van der Waals surface area contributed by atoms with Gasteiger partial charge in [0.2, 0.25) is 0 Å². The maximum atomic E-state index is 14.3. The van der Waals surface area contributed by atoms with Crippen molar-refractivity contribution < 1.29 is 42.9 Å². The molecule has 60 heavy (non-hydrogen) atoms. The van der Waals surface area contributed by atoms with Crippen LogP contribution in [0.5, 0.6) is 0 Å². The van der Waals surface area contributed by atoms with Gasteiger partial charge in [-0.3, -0.25) is 14.2 Å². The van der Waals surface area contributed by atoms with Gasteiger partial charge < -0.3 is 18.9 Å². The van der Waals surface area contributed by atoms with Crippen molar-refractivity contribution in [3.8, 4) is 0 Å². The van der Waals surface area contributed by atoms with E-state index >= 15 is 0 Å². The Labute approximate surface area is 343 Å². The summed E-state index contributed by atoms with van der Waals surface area (Å²) in [5.41, 5.74) is 1.24. The van der Waals surface area contributed by atoms with Gasteiger partial charge in [-0.05, 0) is 67.6 Å². The predicted octanol–water partition coefficient (Wildman–Crippen LogP) is 6.83. The van der Waals surface area contributed by atoms with Crippen LogP contribution in [0.25, 0.3) is 11.2 Å². The lowest BCUT2D eigenvalue weighted by atomic mass is 10.1. The minimum absolute atomic E-state index is 0.0303. The average molecular weight is 802 g/mol. The monoisotopic (exact) mass is 801 g/mol. The third-order valence-electron chi connectivity index (χ3n) is 9.63. The summed E-state index contributed by atoms with van der Waals surface area (Å²) in [5, 5.41) is 0. The number of amides is 2. The number of esters is 3. The molecule has 0 aliphatic carbocycles. The van der Waals surface area contributed by atoms with Crippen LogP contribution in [0, 0.1) is 6.92 Å². The van der Waals surface area contributed by atoms with Gasteiger partial charge in [0.25, 0.3) is 11.8 Å². The van der Waals surface area contributed by atoms with E-state index < -0.39 is 60.9 Å². The van der Waals surface area contributed by atoms with E-state index in [0.717, 1.165) is 4.90 Å². The van der Waals surface area contributed by atoms with Gasteiger partial charge in [-0.2, -0.15) is 0 Å². The number of aryl methyl sites for hydroxylation is 1. The zero-order chi connectivity index (χ0) is 41.6. The molecular formula is C46H35N5O9. The molecule has 14 heteroatoms. The second-order valence-corrected chi connectivity index (χ2v) is 13.6. The number of hydrogen-bond donors (Lipinski definition) is 0. The molecule has 0 N–H and O–H groups in total. The van der Waals surface area contributed by atoms with Crippen molar-refractivity contribution in [2.75, 3.05) is 11.5 Å². The molecule has 1 aliphatic heterocycles. The smallest absolute Gasteiger partial charge is 0.338 e. The molecule has 3 heterocycles. The second kappa shape index (κ2) is 17.3. The Morgan fingerprint density at radius 1 is 0.583 bits per heavy atom. The highest BCUT2D eigenvalue weighted by Crippen LogP contribution is 2.38. The van der Waals surface area contributed by atoms with Gasteiger partial charge in [-0.15, -0.1) is 0 Å². The largest absolute Gasteiger partial charge is 0.459 e. The van der Waals surface area contributed by atoms with Crippen molar-refractivity contribution in [3.05, 3.63) is 192 Å². The third-order valence-corrected chi connectivity index (χ3v) is 9.63. The topological polar surface area (TPSA) is 169 Å². The van der Waals surface area contributed by atoms with Gasteiger partial charge in [0.05, 0.1) is 23.0 Å². The summed E-state index contributed by atoms with van der Waals surface area (Å²) in [5.74, 6) is -3.48. The van der Waals surface area contributed by atoms with Crippen LogP contribution in [0.1, 0.15) is 63.8 Å². The standard InChI is InChI=1S/C46H35N5O9/c1-29-48-39-36(40(49-29)51(41(52)30-17-7-2-8-18-30)42(53)31-19-9-3-10-20-31)47-28-50(39)43-38(60-46(56)34-25-15-6-16-26-34)37(59-45(55)33-23-13-5-14-24-33)35(58-43)27-57-44(54)32-21-11-4-12-22-32/h2-26,28,35,37-38,43H,27H2,1H3/t35-,37-,38-,43+/m1/s1. The van der Waals surface area contributed by atoms with Crippen molar-refractivity contribution in [3.63, 3.8) is 0 Å². The van der Waals surface area contributed by atoms with Crippen molar-refractivity contribution in [2.45, 2.75) is 31.5 Å². The molecule has 0 bridgehead atoms. The number of nitrogens with zero attached hydrogens (tertiary/aromatic N) is 5. The molecule has 14 nitrogen and oxygen atoms in total. The van der Waals surface area contributed by atoms with Gasteiger partial charge in [0.1, 0.15) is 18.5 Å². The fraction of sp³-hybridized carbons (Fsp3) is 0.130. The first-order valence-corrected chi connectivity index (χ1v) is 18.9. The van der Waals surface area contributed by atoms with Gasteiger partial charge in [-0.1, -0.05) is 91.0 Å². The molecule has 2 amide bonds. The fourth-order valence-corrected chi connectivity index (χ4v) is 6.74. The number of fused-ring (bicyclic) bond motifs is 1. The van der Waals surface area contributed by atoms with E-state index in [1.165, 1.54) is 10.9 Å². The zero-order valence-electron chi connectivity index (χ0n) is 31.9. The Bertz CT molecular complexity index is 2610. The van der Waals surface area contributed by atoms with E-state index in [-0.39, 0.29) is 50.6 Å². The summed E-state index contributed by atoms with van der Waals surface area (Å²) in [6.45, 7) is 1.16. The highest BCUT2D eigenvalue weighted by molar-refractivity contribution is 6.27. The number of carbonyl (C=O) groups is 5. The van der Waals surface area contributed by atoms with Crippen molar-refractivity contribution in [1.82, 2.24) is 19.5 Å². The minimum atomic E-state index is -1.39. The van der Waals surface area contributed by atoms with Crippen LogP contribution in [0.3, 0.4) is 0 Å². The molecule has 7 aromatic rings. The fourth-order valence-electron chi connectivity index (χ4n) is 6.74. The van der Waals surface area contributed by atoms with Crippen LogP contribution >= 0.6 is 0 Å². The van der Waals surface area contributed by atoms with Crippen molar-refractivity contribution in [1.29, 1.82) is 0 Å². The molecule has 5 aromatic carbocycles. The summed E-state index contributed by atoms with van der Waals surface area (Å²) in [6, 6.07) is 41.2. The normalized spacial score (nSPS) is 17.1. The van der Waals surface area contributed by atoms with Crippen LogP contribution in [0.4, 0.5) is 5.82 Å². The molecule has 0 unspecified atom stereocenters. The van der Waals surface area contributed by atoms with Gasteiger partial charge >= 0.3 is 17.9 Å². The lowest BCUT2D eigenvalue weighted by Gasteiger charge is -2.25. The molecule has 1 saturated heterocycles. The maximum absolute atomic E-state index is 14.3. The third kappa shape index (κ3) is 8.12. The molecule has 1 aliphatic rings. The predicted molar refractivity (Wildman–Crippen MR) is 216 cm³/mol. The number of ether oxygens (including phenoxy) is 4. The summed E-state index contributed by atoms with van der Waals surface area (Å²) in [6.07, 6.45) is -3.92. The molecule has 4 atom stereocenters. The lowest BCUT2D eigenvalue weighted by molar-refractivity contribution is -0.0606. The number of hydrogen-bond acceptors (Lipinski definition) is 12. The number of imidazole rings is 1. The Hall–Kier alpha value is -7.84. The Morgan fingerprint density at radius 2 is 1.02 bits per heavy atom. The Morgan fingerprint density at radius 3 is 1.50 bits per heavy atom. The van der Waals surface area contributed by atoms with E-state index in [9.17, 15) is 24.0 Å². The minimum Gasteiger partial charge on any atom is -0.459 e. The van der Waals surface area contributed by atoms with E-state index in [0.29, 0.717) is 0 Å². The van der Waals surface area contributed by atoms with Gasteiger partial charge in [-0.25, -0.2) is 34.2 Å². The SMILES string of the molecule is Cc1nc(N(C(=O)c2ccccc2)C(=O)c2ccccc2)c2ncn([C@H]3O[C@H](COC(=O)c4ccccc4)[C@@H](OC(=O)c4ccccc4)[C@H]3OC(=O)c3ccccc3)c2n1. The van der Waals surface area contributed by atoms with Gasteiger partial charge in [0, 0.05) is 11.1 Å². The molecule has 0 saturated carbocycles. The summed E-state index contributed by atoms with van der Waals surface area (Å²) >= 11 is 0. The van der Waals surface area contributed by atoms with Crippen LogP contribution in [-0.2, 0) is 18.9 Å². The molecule has 298 valence electrons. The van der Waals surface area contributed by atoms with E-state index in [4.69, 9.17) is 18.9 Å². The number of aromatic nitrogens is 4. The zero-order valence-corrected chi connectivity index (χ0v) is 31.9. The summed E-state index contributed by atoms with van der Waals surface area (Å²) < 4.78 is 25.9. The highest BCUT2D eigenvalue weighted by atomic mass is 16.7. The van der Waals surface area contributed by atoms with Crippen LogP contribution < -0.4 is 4.90 Å². The molecule has 8 rings (SSSR count). The molecular weight excluding hydrogens is 767 g/mol.